The summed E-state index contributed by atoms with van der Waals surface area (Å²) in [6, 6.07) is 2.93. The fourth-order valence-electron chi connectivity index (χ4n) is 2.09. The second kappa shape index (κ2) is 9.05. The van der Waals surface area contributed by atoms with E-state index in [-0.39, 0.29) is 29.1 Å². The predicted octanol–water partition coefficient (Wildman–Crippen LogP) is 1.22. The molecule has 0 spiro atoms. The van der Waals surface area contributed by atoms with Crippen LogP contribution in [0.2, 0.25) is 4.34 Å². The van der Waals surface area contributed by atoms with Gasteiger partial charge >= 0.3 is 0 Å². The highest BCUT2D eigenvalue weighted by molar-refractivity contribution is 7.91. The van der Waals surface area contributed by atoms with Gasteiger partial charge in [0, 0.05) is 6.54 Å². The van der Waals surface area contributed by atoms with Crippen LogP contribution < -0.4 is 15.4 Å². The van der Waals surface area contributed by atoms with E-state index in [0.717, 1.165) is 37.3 Å². The second-order valence-electron chi connectivity index (χ2n) is 4.90. The minimum atomic E-state index is -3.67. The molecule has 0 radical (unpaired) electrons. The van der Waals surface area contributed by atoms with Crippen molar-refractivity contribution in [2.75, 3.05) is 26.2 Å². The average Bonchev–Trinajstić information content (AvgIpc) is 2.92. The van der Waals surface area contributed by atoms with Gasteiger partial charge in [0.15, 0.2) is 0 Å². The lowest BCUT2D eigenvalue weighted by atomic mass is 10.00. The summed E-state index contributed by atoms with van der Waals surface area (Å²) in [5.41, 5.74) is 0. The van der Waals surface area contributed by atoms with Crippen LogP contribution in [0.1, 0.15) is 12.8 Å². The molecular formula is C12H19Cl2N3O3S2. The summed E-state index contributed by atoms with van der Waals surface area (Å²) in [5, 5.41) is 6.02. The molecule has 2 heterocycles. The third-order valence-electron chi connectivity index (χ3n) is 3.22. The number of hydrogen-bond donors (Lipinski definition) is 3. The van der Waals surface area contributed by atoms with Crippen LogP contribution in [0.4, 0.5) is 0 Å². The quantitative estimate of drug-likeness (QED) is 0.684. The zero-order valence-corrected chi connectivity index (χ0v) is 15.0. The number of nitrogens with one attached hydrogen (secondary N) is 3. The SMILES string of the molecule is Cl.O=C(CNS(=O)(=O)c1ccc(Cl)s1)NCC1CCCNC1. The van der Waals surface area contributed by atoms with Gasteiger partial charge in [-0.2, -0.15) is 0 Å². The first-order valence-electron chi connectivity index (χ1n) is 6.70. The topological polar surface area (TPSA) is 87.3 Å². The van der Waals surface area contributed by atoms with Crippen LogP contribution in [0, 0.1) is 5.92 Å². The van der Waals surface area contributed by atoms with Crippen molar-refractivity contribution in [3.63, 3.8) is 0 Å². The fourth-order valence-corrected chi connectivity index (χ4v) is 4.60. The molecule has 10 heteroatoms. The second-order valence-corrected chi connectivity index (χ2v) is 8.61. The molecule has 1 aromatic rings. The van der Waals surface area contributed by atoms with E-state index in [4.69, 9.17) is 11.6 Å². The number of thiophene rings is 1. The van der Waals surface area contributed by atoms with Gasteiger partial charge in [-0.25, -0.2) is 13.1 Å². The van der Waals surface area contributed by atoms with Crippen molar-refractivity contribution >= 4 is 51.3 Å². The molecule has 1 aliphatic rings. The van der Waals surface area contributed by atoms with Gasteiger partial charge in [0.2, 0.25) is 5.91 Å². The van der Waals surface area contributed by atoms with Gasteiger partial charge in [0.25, 0.3) is 10.0 Å². The normalized spacial score (nSPS) is 18.5. The zero-order chi connectivity index (χ0) is 15.3. The predicted molar refractivity (Wildman–Crippen MR) is 90.4 cm³/mol. The Hall–Kier alpha value is -0.380. The van der Waals surface area contributed by atoms with E-state index in [2.05, 4.69) is 15.4 Å². The third-order valence-corrected chi connectivity index (χ3v) is 6.35. The summed E-state index contributed by atoms with van der Waals surface area (Å²) in [5.74, 6) is 0.0854. The number of sulfonamides is 1. The largest absolute Gasteiger partial charge is 0.355 e. The van der Waals surface area contributed by atoms with Gasteiger partial charge in [-0.05, 0) is 44.0 Å². The Morgan fingerprint density at radius 2 is 2.23 bits per heavy atom. The first-order valence-corrected chi connectivity index (χ1v) is 9.37. The van der Waals surface area contributed by atoms with Crippen LogP contribution in [0.3, 0.4) is 0 Å². The van der Waals surface area contributed by atoms with Crippen LogP contribution in [0.5, 0.6) is 0 Å². The smallest absolute Gasteiger partial charge is 0.250 e. The molecule has 2 rings (SSSR count). The standard InChI is InChI=1S/C12H18ClN3O3S2.ClH/c13-10-3-4-12(20-10)21(18,19)16-8-11(17)15-7-9-2-1-5-14-6-9;/h3-4,9,14,16H,1-2,5-8H2,(H,15,17);1H. The van der Waals surface area contributed by atoms with E-state index < -0.39 is 10.0 Å². The summed E-state index contributed by atoms with van der Waals surface area (Å²) in [6.45, 7) is 2.21. The van der Waals surface area contributed by atoms with Crippen molar-refractivity contribution < 1.29 is 13.2 Å². The number of carbonyl (C=O) groups excluding carboxylic acids is 1. The van der Waals surface area contributed by atoms with Crippen LogP contribution >= 0.6 is 35.3 Å². The number of amides is 1. The van der Waals surface area contributed by atoms with Gasteiger partial charge in [-0.1, -0.05) is 11.6 Å². The monoisotopic (exact) mass is 387 g/mol. The van der Waals surface area contributed by atoms with Gasteiger partial charge in [0.1, 0.15) is 4.21 Å². The summed E-state index contributed by atoms with van der Waals surface area (Å²) in [7, 11) is -3.67. The van der Waals surface area contributed by atoms with Crippen LogP contribution in [0.15, 0.2) is 16.3 Å². The molecule has 3 N–H and O–H groups in total. The number of halogens is 2. The fraction of sp³-hybridized carbons (Fsp3) is 0.583. The van der Waals surface area contributed by atoms with Crippen molar-refractivity contribution in [3.05, 3.63) is 16.5 Å². The number of hydrogen-bond acceptors (Lipinski definition) is 5. The molecule has 1 atom stereocenters. The molecule has 1 amide bonds. The van der Waals surface area contributed by atoms with Crippen molar-refractivity contribution in [3.8, 4) is 0 Å². The van der Waals surface area contributed by atoms with Crippen LogP contribution in [-0.4, -0.2) is 40.5 Å². The van der Waals surface area contributed by atoms with E-state index in [0.29, 0.717) is 16.8 Å². The Morgan fingerprint density at radius 1 is 1.45 bits per heavy atom. The Labute approximate surface area is 145 Å². The van der Waals surface area contributed by atoms with E-state index in [1.54, 1.807) is 0 Å². The van der Waals surface area contributed by atoms with E-state index in [9.17, 15) is 13.2 Å². The molecular weight excluding hydrogens is 369 g/mol. The van der Waals surface area contributed by atoms with Crippen molar-refractivity contribution in [2.45, 2.75) is 17.1 Å². The maximum atomic E-state index is 11.9. The van der Waals surface area contributed by atoms with Crippen LogP contribution in [0.25, 0.3) is 0 Å². The van der Waals surface area contributed by atoms with Gasteiger partial charge < -0.3 is 10.6 Å². The molecule has 0 aliphatic carbocycles. The Balaban J connectivity index is 0.00000242. The van der Waals surface area contributed by atoms with Gasteiger partial charge in [-0.3, -0.25) is 4.79 Å². The molecule has 126 valence electrons. The first kappa shape index (κ1) is 19.7. The lowest BCUT2D eigenvalue weighted by Crippen LogP contribution is -2.42. The van der Waals surface area contributed by atoms with Crippen molar-refractivity contribution in [1.29, 1.82) is 0 Å². The molecule has 1 saturated heterocycles. The number of piperidine rings is 1. The molecule has 1 fully saturated rings. The highest BCUT2D eigenvalue weighted by Gasteiger charge is 2.18. The third kappa shape index (κ3) is 6.02. The maximum absolute atomic E-state index is 11.9. The molecule has 1 aromatic heterocycles. The van der Waals surface area contributed by atoms with E-state index in [1.165, 1.54) is 12.1 Å². The summed E-state index contributed by atoms with van der Waals surface area (Å²) < 4.78 is 26.6. The number of rotatable bonds is 6. The van der Waals surface area contributed by atoms with Gasteiger partial charge in [0.05, 0.1) is 10.9 Å². The lowest BCUT2D eigenvalue weighted by Gasteiger charge is -2.22. The molecule has 0 bridgehead atoms. The molecule has 1 aliphatic heterocycles. The molecule has 1 unspecified atom stereocenters. The Kier molecular flexibility index (Phi) is 8.09. The lowest BCUT2D eigenvalue weighted by molar-refractivity contribution is -0.120. The van der Waals surface area contributed by atoms with Crippen molar-refractivity contribution in [2.24, 2.45) is 5.92 Å². The van der Waals surface area contributed by atoms with Crippen molar-refractivity contribution in [1.82, 2.24) is 15.4 Å². The first-order chi connectivity index (χ1) is 9.97. The highest BCUT2D eigenvalue weighted by atomic mass is 35.5. The van der Waals surface area contributed by atoms with E-state index >= 15 is 0 Å². The molecule has 22 heavy (non-hydrogen) atoms. The minimum absolute atomic E-state index is 0. The Morgan fingerprint density at radius 3 is 2.82 bits per heavy atom. The highest BCUT2D eigenvalue weighted by Crippen LogP contribution is 2.25. The van der Waals surface area contributed by atoms with Gasteiger partial charge in [-0.15, -0.1) is 23.7 Å². The molecule has 6 nitrogen and oxygen atoms in total. The van der Waals surface area contributed by atoms with Crippen LogP contribution in [-0.2, 0) is 14.8 Å². The maximum Gasteiger partial charge on any atom is 0.250 e. The zero-order valence-electron chi connectivity index (χ0n) is 11.8. The summed E-state index contributed by atoms with van der Waals surface area (Å²) in [4.78, 5) is 11.7. The Bertz CT molecular complexity index is 586. The number of carbonyl (C=O) groups is 1. The average molecular weight is 388 g/mol. The van der Waals surface area contributed by atoms with E-state index in [1.807, 2.05) is 0 Å². The molecule has 0 saturated carbocycles. The minimum Gasteiger partial charge on any atom is -0.355 e. The molecule has 0 aromatic carbocycles. The summed E-state index contributed by atoms with van der Waals surface area (Å²) in [6.07, 6.45) is 2.18. The summed E-state index contributed by atoms with van der Waals surface area (Å²) >= 11 is 6.66.